The highest BCUT2D eigenvalue weighted by molar-refractivity contribution is 9.10. The Morgan fingerprint density at radius 2 is 1.54 bits per heavy atom. The molecular weight excluding hydrogens is 666 g/mol. The molecule has 0 aliphatic heterocycles. The van der Waals surface area contributed by atoms with Crippen LogP contribution in [-0.2, 0) is 32.6 Å². The van der Waals surface area contributed by atoms with Crippen molar-refractivity contribution in [3.63, 3.8) is 0 Å². The number of rotatable bonds is 13. The van der Waals surface area contributed by atoms with Crippen molar-refractivity contribution in [1.82, 2.24) is 10.2 Å². The van der Waals surface area contributed by atoms with Gasteiger partial charge in [-0.05, 0) is 90.6 Å². The molecule has 0 radical (unpaired) electrons. The van der Waals surface area contributed by atoms with Crippen molar-refractivity contribution in [2.24, 2.45) is 0 Å². The third-order valence-corrected chi connectivity index (χ3v) is 10.0. The van der Waals surface area contributed by atoms with E-state index in [0.29, 0.717) is 15.9 Å². The van der Waals surface area contributed by atoms with E-state index in [-0.39, 0.29) is 29.8 Å². The molecular formula is C36H40BrN3O5S. The summed E-state index contributed by atoms with van der Waals surface area (Å²) in [6.45, 7) is 7.17. The molecule has 0 fully saturated rings. The van der Waals surface area contributed by atoms with Crippen molar-refractivity contribution >= 4 is 43.5 Å². The summed E-state index contributed by atoms with van der Waals surface area (Å²) in [5.41, 5.74) is 3.95. The lowest BCUT2D eigenvalue weighted by atomic mass is 10.0. The lowest BCUT2D eigenvalue weighted by molar-refractivity contribution is -0.140. The molecule has 10 heteroatoms. The standard InChI is InChI=1S/C36H40BrN3O5S/c1-25(2)38-36(42)33(21-28-12-7-6-8-13-28)39(23-29-14-10-9-11-27(29)4)35(41)24-40(30-17-15-26(3)16-18-30)46(43,44)31-19-20-34(45-5)32(37)22-31/h6-20,22,25,33H,21,23-24H2,1-5H3,(H,38,42). The second kappa shape index (κ2) is 15.4. The largest absolute Gasteiger partial charge is 0.496 e. The molecule has 0 bridgehead atoms. The number of methoxy groups -OCH3 is 1. The van der Waals surface area contributed by atoms with Crippen LogP contribution in [0.4, 0.5) is 5.69 Å². The van der Waals surface area contributed by atoms with Crippen molar-refractivity contribution in [3.05, 3.63) is 124 Å². The van der Waals surface area contributed by atoms with Gasteiger partial charge in [-0.2, -0.15) is 0 Å². The zero-order valence-corrected chi connectivity index (χ0v) is 29.1. The smallest absolute Gasteiger partial charge is 0.264 e. The fourth-order valence-corrected chi connectivity index (χ4v) is 7.21. The Balaban J connectivity index is 1.82. The van der Waals surface area contributed by atoms with Gasteiger partial charge in [-0.25, -0.2) is 8.42 Å². The number of ether oxygens (including phenoxy) is 1. The molecule has 0 saturated carbocycles. The van der Waals surface area contributed by atoms with Crippen LogP contribution in [0.25, 0.3) is 0 Å². The van der Waals surface area contributed by atoms with Gasteiger partial charge in [-0.1, -0.05) is 72.3 Å². The number of hydrogen-bond acceptors (Lipinski definition) is 5. The highest BCUT2D eigenvalue weighted by atomic mass is 79.9. The number of hydrogen-bond donors (Lipinski definition) is 1. The van der Waals surface area contributed by atoms with E-state index in [9.17, 15) is 18.0 Å². The number of nitrogens with one attached hydrogen (secondary N) is 1. The lowest BCUT2D eigenvalue weighted by Gasteiger charge is -2.34. The van der Waals surface area contributed by atoms with Gasteiger partial charge in [0.05, 0.1) is 22.2 Å². The molecule has 1 N–H and O–H groups in total. The van der Waals surface area contributed by atoms with Crippen molar-refractivity contribution in [2.45, 2.75) is 57.6 Å². The first kappa shape index (κ1) is 34.7. The number of carbonyl (C=O) groups excluding carboxylic acids is 2. The van der Waals surface area contributed by atoms with Gasteiger partial charge >= 0.3 is 0 Å². The maximum atomic E-state index is 14.6. The molecule has 0 aliphatic carbocycles. The first-order valence-corrected chi connectivity index (χ1v) is 17.2. The van der Waals surface area contributed by atoms with E-state index in [1.807, 2.05) is 82.3 Å². The Hall–Kier alpha value is -4.15. The van der Waals surface area contributed by atoms with Crippen LogP contribution in [0.2, 0.25) is 0 Å². The summed E-state index contributed by atoms with van der Waals surface area (Å²) < 4.78 is 35.5. The Bertz CT molecular complexity index is 1760. The topological polar surface area (TPSA) is 96.0 Å². The summed E-state index contributed by atoms with van der Waals surface area (Å²) >= 11 is 3.39. The van der Waals surface area contributed by atoms with Gasteiger partial charge in [0.1, 0.15) is 18.3 Å². The van der Waals surface area contributed by atoms with Crippen LogP contribution in [0.3, 0.4) is 0 Å². The average molecular weight is 707 g/mol. The molecule has 0 saturated heterocycles. The fraction of sp³-hybridized carbons (Fsp3) is 0.278. The molecule has 46 heavy (non-hydrogen) atoms. The van der Waals surface area contributed by atoms with Gasteiger partial charge in [-0.3, -0.25) is 13.9 Å². The van der Waals surface area contributed by atoms with E-state index in [0.717, 1.165) is 26.6 Å². The molecule has 2 amide bonds. The van der Waals surface area contributed by atoms with E-state index in [4.69, 9.17) is 4.74 Å². The molecule has 1 atom stereocenters. The Labute approximate surface area is 280 Å². The molecule has 4 aromatic carbocycles. The highest BCUT2D eigenvalue weighted by Gasteiger charge is 2.35. The van der Waals surface area contributed by atoms with E-state index in [2.05, 4.69) is 21.2 Å². The Morgan fingerprint density at radius 3 is 2.15 bits per heavy atom. The average Bonchev–Trinajstić information content (AvgIpc) is 3.02. The summed E-state index contributed by atoms with van der Waals surface area (Å²) in [4.78, 5) is 29.9. The van der Waals surface area contributed by atoms with Gasteiger partial charge in [0.25, 0.3) is 10.0 Å². The quantitative estimate of drug-likeness (QED) is 0.173. The summed E-state index contributed by atoms with van der Waals surface area (Å²) in [5.74, 6) is -0.356. The van der Waals surface area contributed by atoms with Crippen molar-refractivity contribution in [3.8, 4) is 5.75 Å². The molecule has 1 unspecified atom stereocenters. The van der Waals surface area contributed by atoms with Gasteiger partial charge in [0.2, 0.25) is 11.8 Å². The van der Waals surface area contributed by atoms with Gasteiger partial charge < -0.3 is 15.0 Å². The molecule has 8 nitrogen and oxygen atoms in total. The minimum absolute atomic E-state index is 0.0163. The molecule has 4 rings (SSSR count). The SMILES string of the molecule is COc1ccc(S(=O)(=O)N(CC(=O)N(Cc2ccccc2C)C(Cc2ccccc2)C(=O)NC(C)C)c2ccc(C)cc2)cc1Br. The number of carbonyl (C=O) groups is 2. The summed E-state index contributed by atoms with van der Waals surface area (Å²) in [6, 6.07) is 27.5. The molecule has 4 aromatic rings. The number of benzene rings is 4. The maximum absolute atomic E-state index is 14.6. The predicted molar refractivity (Wildman–Crippen MR) is 185 cm³/mol. The van der Waals surface area contributed by atoms with Crippen molar-refractivity contribution in [1.29, 1.82) is 0 Å². The molecule has 0 heterocycles. The number of amides is 2. The lowest BCUT2D eigenvalue weighted by Crippen LogP contribution is -2.54. The van der Waals surface area contributed by atoms with Gasteiger partial charge in [0, 0.05) is 19.0 Å². The molecule has 0 aromatic heterocycles. The molecule has 0 spiro atoms. The van der Waals surface area contributed by atoms with E-state index in [1.165, 1.54) is 24.1 Å². The zero-order chi connectivity index (χ0) is 33.4. The van der Waals surface area contributed by atoms with Gasteiger partial charge in [0.15, 0.2) is 0 Å². The minimum Gasteiger partial charge on any atom is -0.496 e. The maximum Gasteiger partial charge on any atom is 0.264 e. The Morgan fingerprint density at radius 1 is 0.891 bits per heavy atom. The van der Waals surface area contributed by atoms with E-state index >= 15 is 0 Å². The van der Waals surface area contributed by atoms with E-state index < -0.39 is 28.5 Å². The van der Waals surface area contributed by atoms with Crippen LogP contribution in [0.1, 0.15) is 36.1 Å². The summed E-state index contributed by atoms with van der Waals surface area (Å²) in [7, 11) is -2.75. The summed E-state index contributed by atoms with van der Waals surface area (Å²) in [5, 5.41) is 2.98. The van der Waals surface area contributed by atoms with Crippen LogP contribution in [0.15, 0.2) is 106 Å². The Kier molecular flexibility index (Phi) is 11.6. The summed E-state index contributed by atoms with van der Waals surface area (Å²) in [6.07, 6.45) is 0.250. The highest BCUT2D eigenvalue weighted by Crippen LogP contribution is 2.31. The fourth-order valence-electron chi connectivity index (χ4n) is 5.08. The number of nitrogens with zero attached hydrogens (tertiary/aromatic N) is 2. The second-order valence-corrected chi connectivity index (χ2v) is 14.2. The zero-order valence-electron chi connectivity index (χ0n) is 26.7. The monoisotopic (exact) mass is 705 g/mol. The predicted octanol–water partition coefficient (Wildman–Crippen LogP) is 6.43. The normalized spacial score (nSPS) is 12.0. The van der Waals surface area contributed by atoms with E-state index in [1.54, 1.807) is 30.3 Å². The third-order valence-electron chi connectivity index (χ3n) is 7.62. The molecule has 0 aliphatic rings. The van der Waals surface area contributed by atoms with Crippen LogP contribution < -0.4 is 14.4 Å². The first-order chi connectivity index (χ1) is 21.9. The van der Waals surface area contributed by atoms with Crippen molar-refractivity contribution < 1.29 is 22.7 Å². The number of sulfonamides is 1. The van der Waals surface area contributed by atoms with Crippen molar-refractivity contribution in [2.75, 3.05) is 18.0 Å². The van der Waals surface area contributed by atoms with Crippen LogP contribution >= 0.6 is 15.9 Å². The number of halogens is 1. The van der Waals surface area contributed by atoms with Crippen LogP contribution in [0.5, 0.6) is 5.75 Å². The van der Waals surface area contributed by atoms with Crippen LogP contribution in [0, 0.1) is 13.8 Å². The second-order valence-electron chi connectivity index (χ2n) is 11.5. The molecule has 242 valence electrons. The third kappa shape index (κ3) is 8.55. The minimum atomic E-state index is -4.25. The first-order valence-electron chi connectivity index (χ1n) is 15.0. The number of anilines is 1. The van der Waals surface area contributed by atoms with Gasteiger partial charge in [-0.15, -0.1) is 0 Å². The number of aryl methyl sites for hydroxylation is 2. The van der Waals surface area contributed by atoms with Crippen LogP contribution in [-0.4, -0.2) is 50.9 Å².